The van der Waals surface area contributed by atoms with E-state index < -0.39 is 0 Å². The molecule has 2 aromatic heterocycles. The van der Waals surface area contributed by atoms with Gasteiger partial charge in [-0.15, -0.1) is 11.3 Å². The van der Waals surface area contributed by atoms with E-state index in [4.69, 9.17) is 9.72 Å². The number of thiazole rings is 1. The maximum Gasteiger partial charge on any atom is 0.259 e. The summed E-state index contributed by atoms with van der Waals surface area (Å²) in [6.07, 6.45) is 4.71. The Labute approximate surface area is 156 Å². The van der Waals surface area contributed by atoms with E-state index in [1.807, 2.05) is 30.0 Å². The molecule has 5 nitrogen and oxygen atoms in total. The van der Waals surface area contributed by atoms with Crippen molar-refractivity contribution in [3.8, 4) is 5.88 Å². The molecule has 1 atom stereocenters. The molecule has 6 heteroatoms. The highest BCUT2D eigenvalue weighted by Crippen LogP contribution is 2.37. The average Bonchev–Trinajstić information content (AvgIpc) is 3.12. The number of piperidine rings is 1. The van der Waals surface area contributed by atoms with Crippen LogP contribution in [0.4, 0.5) is 0 Å². The van der Waals surface area contributed by atoms with E-state index in [1.165, 1.54) is 0 Å². The van der Waals surface area contributed by atoms with Gasteiger partial charge in [0.1, 0.15) is 10.6 Å². The lowest BCUT2D eigenvalue weighted by Gasteiger charge is -2.34. The zero-order valence-electron chi connectivity index (χ0n) is 14.7. The summed E-state index contributed by atoms with van der Waals surface area (Å²) in [4.78, 5) is 24.3. The number of hydrogen-bond donors (Lipinski definition) is 0. The molecular weight excluding hydrogens is 346 g/mol. The monoisotopic (exact) mass is 367 g/mol. The van der Waals surface area contributed by atoms with Gasteiger partial charge in [0, 0.05) is 12.7 Å². The third kappa shape index (κ3) is 3.17. The minimum atomic E-state index is -0.0227. The number of ether oxygens (including phenoxy) is 1. The second kappa shape index (κ2) is 7.41. The van der Waals surface area contributed by atoms with Gasteiger partial charge in [0.15, 0.2) is 0 Å². The van der Waals surface area contributed by atoms with E-state index in [1.54, 1.807) is 29.7 Å². The molecule has 0 saturated carbocycles. The number of likely N-dealkylation sites (tertiary alicyclic amines) is 1. The predicted molar refractivity (Wildman–Crippen MR) is 103 cm³/mol. The van der Waals surface area contributed by atoms with Gasteiger partial charge in [0.25, 0.3) is 5.91 Å². The Morgan fingerprint density at radius 2 is 2.15 bits per heavy atom. The molecule has 4 rings (SSSR count). The van der Waals surface area contributed by atoms with E-state index in [2.05, 4.69) is 11.1 Å². The van der Waals surface area contributed by atoms with Crippen LogP contribution in [0.25, 0.3) is 10.2 Å². The second-order valence-electron chi connectivity index (χ2n) is 6.32. The number of aromatic nitrogens is 2. The van der Waals surface area contributed by atoms with Gasteiger partial charge in [-0.3, -0.25) is 4.79 Å². The third-order valence-electron chi connectivity index (χ3n) is 4.64. The number of carbonyl (C=O) groups excluding carboxylic acids is 1. The highest BCUT2D eigenvalue weighted by molar-refractivity contribution is 7.18. The number of benzene rings is 1. The first-order chi connectivity index (χ1) is 12.8. The number of hydrogen-bond acceptors (Lipinski definition) is 5. The van der Waals surface area contributed by atoms with Crippen LogP contribution < -0.4 is 4.74 Å². The maximum absolute atomic E-state index is 13.3. The first-order valence-corrected chi connectivity index (χ1v) is 9.84. The fourth-order valence-corrected chi connectivity index (χ4v) is 4.54. The highest BCUT2D eigenvalue weighted by Gasteiger charge is 2.32. The Morgan fingerprint density at radius 3 is 3.00 bits per heavy atom. The predicted octanol–water partition coefficient (Wildman–Crippen LogP) is 4.46. The van der Waals surface area contributed by atoms with Crippen LogP contribution in [0.3, 0.4) is 0 Å². The molecule has 3 heterocycles. The number of fused-ring (bicyclic) bond motifs is 1. The Hall–Kier alpha value is -2.47. The SMILES string of the molecule is CCOc1ncccc1C(=O)N1CCCC[C@H]1c1nc2ccccc2s1. The number of carbonyl (C=O) groups is 1. The summed E-state index contributed by atoms with van der Waals surface area (Å²) < 4.78 is 6.73. The van der Waals surface area contributed by atoms with Gasteiger partial charge in [-0.05, 0) is 50.5 Å². The van der Waals surface area contributed by atoms with Gasteiger partial charge in [-0.25, -0.2) is 9.97 Å². The van der Waals surface area contributed by atoms with Crippen LogP contribution in [0, 0.1) is 0 Å². The molecule has 1 aliphatic heterocycles. The molecular formula is C20H21N3O2S. The smallest absolute Gasteiger partial charge is 0.259 e. The van der Waals surface area contributed by atoms with E-state index in [0.29, 0.717) is 18.1 Å². The number of nitrogens with zero attached hydrogens (tertiary/aromatic N) is 3. The molecule has 1 fully saturated rings. The highest BCUT2D eigenvalue weighted by atomic mass is 32.1. The van der Waals surface area contributed by atoms with Crippen LogP contribution in [0.15, 0.2) is 42.6 Å². The van der Waals surface area contributed by atoms with Crippen molar-refractivity contribution in [2.24, 2.45) is 0 Å². The average molecular weight is 367 g/mol. The van der Waals surface area contributed by atoms with E-state index in [9.17, 15) is 4.79 Å². The van der Waals surface area contributed by atoms with Crippen molar-refractivity contribution < 1.29 is 9.53 Å². The summed E-state index contributed by atoms with van der Waals surface area (Å²) in [5.74, 6) is 0.388. The first-order valence-electron chi connectivity index (χ1n) is 9.02. The molecule has 0 bridgehead atoms. The van der Waals surface area contributed by atoms with Gasteiger partial charge >= 0.3 is 0 Å². The van der Waals surface area contributed by atoms with Crippen molar-refractivity contribution >= 4 is 27.5 Å². The van der Waals surface area contributed by atoms with Crippen molar-refractivity contribution in [1.29, 1.82) is 0 Å². The van der Waals surface area contributed by atoms with Crippen LogP contribution in [-0.2, 0) is 0 Å². The van der Waals surface area contributed by atoms with E-state index >= 15 is 0 Å². The summed E-state index contributed by atoms with van der Waals surface area (Å²) in [6.45, 7) is 3.12. The van der Waals surface area contributed by atoms with Gasteiger partial charge < -0.3 is 9.64 Å². The molecule has 0 aliphatic carbocycles. The first kappa shape index (κ1) is 17.0. The minimum absolute atomic E-state index is 0.0170. The fraction of sp³-hybridized carbons (Fsp3) is 0.350. The summed E-state index contributed by atoms with van der Waals surface area (Å²) >= 11 is 1.68. The minimum Gasteiger partial charge on any atom is -0.477 e. The second-order valence-corrected chi connectivity index (χ2v) is 7.38. The summed E-state index contributed by atoms with van der Waals surface area (Å²) in [5.41, 5.74) is 1.53. The van der Waals surface area contributed by atoms with Crippen molar-refractivity contribution in [2.75, 3.05) is 13.2 Å². The van der Waals surface area contributed by atoms with E-state index in [0.717, 1.165) is 41.0 Å². The molecule has 26 heavy (non-hydrogen) atoms. The summed E-state index contributed by atoms with van der Waals surface area (Å²) in [5, 5.41) is 1.01. The standard InChI is InChI=1S/C20H21N3O2S/c1-2-25-18-14(8-7-12-21-18)20(24)23-13-6-5-10-16(23)19-22-15-9-3-4-11-17(15)26-19/h3-4,7-9,11-12,16H,2,5-6,10,13H2,1H3/t16-/m0/s1. The molecule has 0 N–H and O–H groups in total. The van der Waals surface area contributed by atoms with Gasteiger partial charge in [0.05, 0.1) is 22.9 Å². The van der Waals surface area contributed by atoms with Crippen LogP contribution in [0.2, 0.25) is 0 Å². The maximum atomic E-state index is 13.3. The van der Waals surface area contributed by atoms with Crippen LogP contribution >= 0.6 is 11.3 Å². The molecule has 1 aromatic carbocycles. The van der Waals surface area contributed by atoms with Crippen molar-refractivity contribution in [2.45, 2.75) is 32.2 Å². The lowest BCUT2D eigenvalue weighted by molar-refractivity contribution is 0.0606. The molecule has 1 saturated heterocycles. The molecule has 0 unspecified atom stereocenters. The largest absolute Gasteiger partial charge is 0.477 e. The fourth-order valence-electron chi connectivity index (χ4n) is 3.42. The Kier molecular flexibility index (Phi) is 4.84. The van der Waals surface area contributed by atoms with Gasteiger partial charge in [0.2, 0.25) is 5.88 Å². The van der Waals surface area contributed by atoms with Crippen molar-refractivity contribution in [3.05, 3.63) is 53.2 Å². The third-order valence-corrected chi connectivity index (χ3v) is 5.78. The summed E-state index contributed by atoms with van der Waals surface area (Å²) in [6, 6.07) is 11.7. The van der Waals surface area contributed by atoms with Gasteiger partial charge in [-0.2, -0.15) is 0 Å². The Morgan fingerprint density at radius 1 is 1.27 bits per heavy atom. The molecule has 1 aliphatic rings. The topological polar surface area (TPSA) is 55.3 Å². The van der Waals surface area contributed by atoms with Crippen LogP contribution in [0.1, 0.15) is 47.6 Å². The number of pyridine rings is 1. The number of para-hydroxylation sites is 1. The molecule has 1 amide bonds. The zero-order chi connectivity index (χ0) is 17.9. The number of rotatable bonds is 4. The zero-order valence-corrected chi connectivity index (χ0v) is 15.5. The normalized spacial score (nSPS) is 17.4. The Balaban J connectivity index is 1.68. The van der Waals surface area contributed by atoms with Crippen molar-refractivity contribution in [3.63, 3.8) is 0 Å². The van der Waals surface area contributed by atoms with Crippen LogP contribution in [0.5, 0.6) is 5.88 Å². The van der Waals surface area contributed by atoms with E-state index in [-0.39, 0.29) is 11.9 Å². The van der Waals surface area contributed by atoms with Gasteiger partial charge in [-0.1, -0.05) is 12.1 Å². The lowest BCUT2D eigenvalue weighted by atomic mass is 10.0. The van der Waals surface area contributed by atoms with Crippen LogP contribution in [-0.4, -0.2) is 33.9 Å². The quantitative estimate of drug-likeness (QED) is 0.683. The molecule has 0 radical (unpaired) electrons. The molecule has 3 aromatic rings. The molecule has 134 valence electrons. The van der Waals surface area contributed by atoms with Crippen molar-refractivity contribution in [1.82, 2.24) is 14.9 Å². The lowest BCUT2D eigenvalue weighted by Crippen LogP contribution is -2.38. The molecule has 0 spiro atoms. The Bertz CT molecular complexity index is 891. The summed E-state index contributed by atoms with van der Waals surface area (Å²) in [7, 11) is 0. The number of amides is 1.